The average molecular weight is 227 g/mol. The van der Waals surface area contributed by atoms with Crippen LogP contribution in [0.3, 0.4) is 0 Å². The number of rotatable bonds is 2. The number of nitrogens with one attached hydrogen (secondary N) is 1. The van der Waals surface area contributed by atoms with Gasteiger partial charge in [-0.15, -0.1) is 0 Å². The van der Waals surface area contributed by atoms with Crippen LogP contribution in [0.15, 0.2) is 0 Å². The highest BCUT2D eigenvalue weighted by Crippen LogP contribution is 2.25. The molecule has 1 amide bonds. The Balaban J connectivity index is 2.38. The molecule has 0 bridgehead atoms. The number of carbonyl (C=O) groups excluding carboxylic acids is 1. The first-order chi connectivity index (χ1) is 7.30. The van der Waals surface area contributed by atoms with Gasteiger partial charge in [-0.1, -0.05) is 20.8 Å². The van der Waals surface area contributed by atoms with Crippen LogP contribution >= 0.6 is 0 Å². The van der Waals surface area contributed by atoms with Crippen molar-refractivity contribution in [2.45, 2.75) is 52.5 Å². The van der Waals surface area contributed by atoms with Gasteiger partial charge in [-0.2, -0.15) is 0 Å². The molecule has 0 aromatic carbocycles. The number of hydrogen-bond acceptors (Lipinski definition) is 2. The lowest BCUT2D eigenvalue weighted by Crippen LogP contribution is -2.43. The molecule has 4 heteroatoms. The Bertz CT molecular complexity index is 272. The fraction of sp³-hybridized carbons (Fsp3) is 0.833. The highest BCUT2D eigenvalue weighted by atomic mass is 16.4. The number of aliphatic carboxylic acids is 1. The summed E-state index contributed by atoms with van der Waals surface area (Å²) in [7, 11) is 0. The predicted octanol–water partition coefficient (Wildman–Crippen LogP) is 1.79. The molecule has 0 aromatic rings. The quantitative estimate of drug-likeness (QED) is 0.755. The zero-order valence-corrected chi connectivity index (χ0v) is 10.2. The fourth-order valence-electron chi connectivity index (χ4n) is 1.89. The maximum absolute atomic E-state index is 11.7. The van der Waals surface area contributed by atoms with E-state index >= 15 is 0 Å². The Labute approximate surface area is 96.4 Å². The summed E-state index contributed by atoms with van der Waals surface area (Å²) in [5.74, 6) is -0.880. The lowest BCUT2D eigenvalue weighted by molar-refractivity contribution is -0.142. The van der Waals surface area contributed by atoms with Crippen LogP contribution in [0.4, 0.5) is 0 Å². The number of carboxylic acids is 1. The van der Waals surface area contributed by atoms with Crippen LogP contribution in [-0.2, 0) is 9.59 Å². The van der Waals surface area contributed by atoms with Gasteiger partial charge in [-0.05, 0) is 25.7 Å². The Kier molecular flexibility index (Phi) is 3.94. The number of carboxylic acid groups (broad SMARTS) is 1. The van der Waals surface area contributed by atoms with E-state index in [0.29, 0.717) is 12.8 Å². The number of amides is 1. The molecule has 1 aliphatic rings. The normalized spacial score (nSPS) is 26.2. The highest BCUT2D eigenvalue weighted by Gasteiger charge is 2.29. The lowest BCUT2D eigenvalue weighted by Gasteiger charge is -2.29. The second-order valence-electron chi connectivity index (χ2n) is 5.61. The van der Waals surface area contributed by atoms with Crippen LogP contribution in [0.5, 0.6) is 0 Å². The summed E-state index contributed by atoms with van der Waals surface area (Å²) in [4.78, 5) is 22.5. The Morgan fingerprint density at radius 2 is 1.62 bits per heavy atom. The number of hydrogen-bond donors (Lipinski definition) is 2. The molecular formula is C12H21NO3. The van der Waals surface area contributed by atoms with E-state index in [2.05, 4.69) is 5.32 Å². The molecule has 0 heterocycles. The van der Waals surface area contributed by atoms with Crippen molar-refractivity contribution in [2.24, 2.45) is 11.3 Å². The van der Waals surface area contributed by atoms with E-state index in [1.807, 2.05) is 20.8 Å². The van der Waals surface area contributed by atoms with E-state index in [1.165, 1.54) is 0 Å². The van der Waals surface area contributed by atoms with E-state index < -0.39 is 5.97 Å². The molecule has 1 aliphatic carbocycles. The third-order valence-electron chi connectivity index (χ3n) is 3.09. The van der Waals surface area contributed by atoms with Crippen molar-refractivity contribution in [2.75, 3.05) is 0 Å². The van der Waals surface area contributed by atoms with Crippen molar-refractivity contribution >= 4 is 11.9 Å². The molecule has 1 saturated carbocycles. The standard InChI is InChI=1S/C12H21NO3/c1-12(2,3)11(16)13-9-6-4-8(5-7-9)10(14)15/h8-9H,4-7H2,1-3H3,(H,13,16)(H,14,15)/t8-,9+. The summed E-state index contributed by atoms with van der Waals surface area (Å²) in [6, 6.07) is 0.155. The van der Waals surface area contributed by atoms with E-state index in [9.17, 15) is 9.59 Å². The molecule has 1 rings (SSSR count). The van der Waals surface area contributed by atoms with E-state index in [0.717, 1.165) is 12.8 Å². The highest BCUT2D eigenvalue weighted by molar-refractivity contribution is 5.81. The fourth-order valence-corrected chi connectivity index (χ4v) is 1.89. The average Bonchev–Trinajstić information content (AvgIpc) is 2.17. The molecule has 0 saturated heterocycles. The van der Waals surface area contributed by atoms with Crippen molar-refractivity contribution in [1.82, 2.24) is 5.32 Å². The van der Waals surface area contributed by atoms with Crippen LogP contribution < -0.4 is 5.32 Å². The van der Waals surface area contributed by atoms with Gasteiger partial charge in [0, 0.05) is 11.5 Å². The van der Waals surface area contributed by atoms with Crippen molar-refractivity contribution in [3.63, 3.8) is 0 Å². The maximum Gasteiger partial charge on any atom is 0.306 e. The van der Waals surface area contributed by atoms with Crippen molar-refractivity contribution < 1.29 is 14.7 Å². The van der Waals surface area contributed by atoms with Gasteiger partial charge in [0.05, 0.1) is 5.92 Å². The van der Waals surface area contributed by atoms with E-state index in [-0.39, 0.29) is 23.3 Å². The van der Waals surface area contributed by atoms with Gasteiger partial charge in [-0.3, -0.25) is 9.59 Å². The van der Waals surface area contributed by atoms with E-state index in [4.69, 9.17) is 5.11 Å². The van der Waals surface area contributed by atoms with Gasteiger partial charge in [0.2, 0.25) is 5.91 Å². The minimum absolute atomic E-state index is 0.0475. The third-order valence-corrected chi connectivity index (χ3v) is 3.09. The molecule has 1 fully saturated rings. The molecular weight excluding hydrogens is 206 g/mol. The second kappa shape index (κ2) is 4.85. The first kappa shape index (κ1) is 13.0. The van der Waals surface area contributed by atoms with Gasteiger partial charge in [0.15, 0.2) is 0 Å². The van der Waals surface area contributed by atoms with Crippen LogP contribution in [-0.4, -0.2) is 23.0 Å². The zero-order valence-electron chi connectivity index (χ0n) is 10.2. The summed E-state index contributed by atoms with van der Waals surface area (Å²) in [6.45, 7) is 5.64. The monoisotopic (exact) mass is 227 g/mol. The van der Waals surface area contributed by atoms with Gasteiger partial charge < -0.3 is 10.4 Å². The minimum Gasteiger partial charge on any atom is -0.481 e. The first-order valence-corrected chi connectivity index (χ1v) is 5.84. The zero-order chi connectivity index (χ0) is 12.3. The molecule has 0 radical (unpaired) electrons. The van der Waals surface area contributed by atoms with Gasteiger partial charge in [0.1, 0.15) is 0 Å². The molecule has 4 nitrogen and oxygen atoms in total. The third kappa shape index (κ3) is 3.51. The molecule has 0 aliphatic heterocycles. The van der Waals surface area contributed by atoms with Crippen molar-refractivity contribution in [1.29, 1.82) is 0 Å². The van der Waals surface area contributed by atoms with Crippen molar-refractivity contribution in [3.05, 3.63) is 0 Å². The molecule has 0 atom stereocenters. The molecule has 0 aromatic heterocycles. The summed E-state index contributed by atoms with van der Waals surface area (Å²) in [5, 5.41) is 11.8. The van der Waals surface area contributed by atoms with Gasteiger partial charge in [-0.25, -0.2) is 0 Å². The largest absolute Gasteiger partial charge is 0.481 e. The Morgan fingerprint density at radius 1 is 1.12 bits per heavy atom. The van der Waals surface area contributed by atoms with Crippen LogP contribution in [0.2, 0.25) is 0 Å². The van der Waals surface area contributed by atoms with Crippen LogP contribution in [0.25, 0.3) is 0 Å². The molecule has 0 spiro atoms. The van der Waals surface area contributed by atoms with E-state index in [1.54, 1.807) is 0 Å². The summed E-state index contributed by atoms with van der Waals surface area (Å²) < 4.78 is 0. The van der Waals surface area contributed by atoms with Crippen LogP contribution in [0, 0.1) is 11.3 Å². The Hall–Kier alpha value is -1.06. The summed E-state index contributed by atoms with van der Waals surface area (Å²) in [5.41, 5.74) is -0.371. The lowest BCUT2D eigenvalue weighted by atomic mass is 9.85. The molecule has 16 heavy (non-hydrogen) atoms. The Morgan fingerprint density at radius 3 is 2.00 bits per heavy atom. The minimum atomic E-state index is -0.708. The first-order valence-electron chi connectivity index (χ1n) is 5.84. The molecule has 92 valence electrons. The maximum atomic E-state index is 11.7. The smallest absolute Gasteiger partial charge is 0.306 e. The summed E-state index contributed by atoms with van der Waals surface area (Å²) >= 11 is 0. The van der Waals surface area contributed by atoms with Gasteiger partial charge in [0.25, 0.3) is 0 Å². The second-order valence-corrected chi connectivity index (χ2v) is 5.61. The number of carbonyl (C=O) groups is 2. The predicted molar refractivity (Wildman–Crippen MR) is 61.0 cm³/mol. The topological polar surface area (TPSA) is 66.4 Å². The molecule has 0 unspecified atom stereocenters. The SMILES string of the molecule is CC(C)(C)C(=O)N[C@H]1CC[C@@H](C(=O)O)CC1. The van der Waals surface area contributed by atoms with Crippen LogP contribution in [0.1, 0.15) is 46.5 Å². The molecule has 2 N–H and O–H groups in total. The van der Waals surface area contributed by atoms with Crippen molar-refractivity contribution in [3.8, 4) is 0 Å². The van der Waals surface area contributed by atoms with Gasteiger partial charge >= 0.3 is 5.97 Å². The summed E-state index contributed by atoms with van der Waals surface area (Å²) in [6.07, 6.45) is 2.90.